The third kappa shape index (κ3) is 6.41. The van der Waals surface area contributed by atoms with Gasteiger partial charge in [-0.15, -0.1) is 0 Å². The van der Waals surface area contributed by atoms with Crippen LogP contribution < -0.4 is 9.46 Å². The number of carbonyl (C=O) groups excluding carboxylic acids is 2. The van der Waals surface area contributed by atoms with Crippen LogP contribution in [0.3, 0.4) is 0 Å². The lowest BCUT2D eigenvalue weighted by atomic mass is 9.92. The number of fused-ring (bicyclic) bond motifs is 1. The van der Waals surface area contributed by atoms with Crippen LogP contribution in [0.1, 0.15) is 36.0 Å². The van der Waals surface area contributed by atoms with E-state index < -0.39 is 10.0 Å². The highest BCUT2D eigenvalue weighted by molar-refractivity contribution is 7.89. The summed E-state index contributed by atoms with van der Waals surface area (Å²) >= 11 is 0. The minimum atomic E-state index is -3.66. The number of nitrogens with one attached hydrogen (secondary N) is 1. The predicted octanol–water partition coefficient (Wildman–Crippen LogP) is 2.16. The molecule has 1 saturated heterocycles. The topological polar surface area (TPSA) is 96.0 Å². The molecular weight excluding hydrogens is 466 g/mol. The predicted molar refractivity (Wildman–Crippen MR) is 133 cm³/mol. The highest BCUT2D eigenvalue weighted by Gasteiger charge is 2.25. The van der Waals surface area contributed by atoms with Crippen molar-refractivity contribution in [1.29, 1.82) is 0 Å². The smallest absolute Gasteiger partial charge is 0.240 e. The van der Waals surface area contributed by atoms with Gasteiger partial charge in [-0.3, -0.25) is 9.59 Å². The molecule has 8 nitrogen and oxygen atoms in total. The van der Waals surface area contributed by atoms with Crippen molar-refractivity contribution in [2.75, 3.05) is 39.8 Å². The highest BCUT2D eigenvalue weighted by atomic mass is 32.2. The Kier molecular flexibility index (Phi) is 8.07. The Balaban J connectivity index is 1.22. The van der Waals surface area contributed by atoms with Crippen LogP contribution >= 0.6 is 0 Å². The van der Waals surface area contributed by atoms with Crippen molar-refractivity contribution in [3.8, 4) is 5.75 Å². The first-order valence-electron chi connectivity index (χ1n) is 12.2. The van der Waals surface area contributed by atoms with Crippen molar-refractivity contribution < 1.29 is 22.7 Å². The zero-order valence-electron chi connectivity index (χ0n) is 20.2. The number of ether oxygens (including phenoxy) is 1. The van der Waals surface area contributed by atoms with E-state index in [1.807, 2.05) is 30.3 Å². The normalized spacial score (nSPS) is 16.0. The van der Waals surface area contributed by atoms with Crippen molar-refractivity contribution in [2.45, 2.75) is 43.4 Å². The summed E-state index contributed by atoms with van der Waals surface area (Å²) in [6.45, 7) is 1.87. The lowest BCUT2D eigenvalue weighted by molar-refractivity contribution is -0.139. The summed E-state index contributed by atoms with van der Waals surface area (Å²) in [5.41, 5.74) is 3.22. The maximum Gasteiger partial charge on any atom is 0.240 e. The Hall–Kier alpha value is -2.91. The summed E-state index contributed by atoms with van der Waals surface area (Å²) in [4.78, 5) is 29.0. The average molecular weight is 500 g/mol. The van der Waals surface area contributed by atoms with Gasteiger partial charge in [-0.2, -0.15) is 0 Å². The van der Waals surface area contributed by atoms with Crippen LogP contribution in [0, 0.1) is 0 Å². The largest absolute Gasteiger partial charge is 0.497 e. The summed E-state index contributed by atoms with van der Waals surface area (Å²) in [5, 5.41) is 0. The van der Waals surface area contributed by atoms with E-state index in [1.54, 1.807) is 29.0 Å². The van der Waals surface area contributed by atoms with Crippen LogP contribution in [0.25, 0.3) is 0 Å². The van der Waals surface area contributed by atoms with E-state index >= 15 is 0 Å². The number of amides is 2. The second-order valence-electron chi connectivity index (χ2n) is 9.08. The van der Waals surface area contributed by atoms with E-state index in [0.717, 1.165) is 36.8 Å². The van der Waals surface area contributed by atoms with Gasteiger partial charge in [0.1, 0.15) is 5.75 Å². The number of methoxy groups -OCH3 is 1. The molecule has 2 aromatic rings. The van der Waals surface area contributed by atoms with Gasteiger partial charge in [0.2, 0.25) is 21.8 Å². The van der Waals surface area contributed by atoms with Gasteiger partial charge in [-0.05, 0) is 66.6 Å². The molecule has 2 amide bonds. The third-order valence-corrected chi connectivity index (χ3v) is 8.19. The maximum absolute atomic E-state index is 12.7. The fourth-order valence-corrected chi connectivity index (χ4v) is 5.77. The zero-order chi connectivity index (χ0) is 24.8. The summed E-state index contributed by atoms with van der Waals surface area (Å²) in [7, 11) is -2.06. The van der Waals surface area contributed by atoms with Gasteiger partial charge in [-0.25, -0.2) is 13.1 Å². The molecule has 2 aromatic carbocycles. The van der Waals surface area contributed by atoms with Crippen molar-refractivity contribution in [3.05, 3.63) is 59.2 Å². The first kappa shape index (κ1) is 25.2. The fraction of sp³-hybridized carbons (Fsp3) is 0.462. The molecule has 0 bridgehead atoms. The monoisotopic (exact) mass is 499 g/mol. The molecule has 0 radical (unpaired) electrons. The van der Waals surface area contributed by atoms with Gasteiger partial charge in [0.15, 0.2) is 0 Å². The Morgan fingerprint density at radius 2 is 1.60 bits per heavy atom. The zero-order valence-corrected chi connectivity index (χ0v) is 21.0. The van der Waals surface area contributed by atoms with Crippen LogP contribution in [0.5, 0.6) is 5.75 Å². The molecule has 1 fully saturated rings. The standard InChI is InChI=1S/C26H33N3O5S/c1-34-23-8-4-5-20(17-23)18-26(31)29-15-13-28(14-16-29)25(30)11-12-27-35(32,33)24-10-9-21-6-2-3-7-22(21)19-24/h4-5,8-10,17,19,27H,2-3,6-7,11-16,18H2,1H3. The minimum Gasteiger partial charge on any atom is -0.497 e. The molecule has 0 unspecified atom stereocenters. The van der Waals surface area contributed by atoms with Gasteiger partial charge >= 0.3 is 0 Å². The van der Waals surface area contributed by atoms with Crippen LogP contribution in [-0.2, 0) is 38.9 Å². The lowest BCUT2D eigenvalue weighted by Crippen LogP contribution is -2.51. The maximum atomic E-state index is 12.7. The van der Waals surface area contributed by atoms with Crippen molar-refractivity contribution in [3.63, 3.8) is 0 Å². The van der Waals surface area contributed by atoms with Gasteiger partial charge in [0.05, 0.1) is 18.4 Å². The molecule has 35 heavy (non-hydrogen) atoms. The van der Waals surface area contributed by atoms with Gasteiger partial charge < -0.3 is 14.5 Å². The summed E-state index contributed by atoms with van der Waals surface area (Å²) in [6, 6.07) is 12.8. The van der Waals surface area contributed by atoms with Crippen LogP contribution in [-0.4, -0.2) is 69.9 Å². The van der Waals surface area contributed by atoms with Crippen molar-refractivity contribution >= 4 is 21.8 Å². The van der Waals surface area contributed by atoms with Crippen molar-refractivity contribution in [2.24, 2.45) is 0 Å². The quantitative estimate of drug-likeness (QED) is 0.601. The number of benzene rings is 2. The van der Waals surface area contributed by atoms with Gasteiger partial charge in [-0.1, -0.05) is 18.2 Å². The summed E-state index contributed by atoms with van der Waals surface area (Å²) < 4.78 is 33.2. The molecule has 1 aliphatic carbocycles. The summed E-state index contributed by atoms with van der Waals surface area (Å²) in [5.74, 6) is 0.620. The van der Waals surface area contributed by atoms with Gasteiger partial charge in [0.25, 0.3) is 0 Å². The number of rotatable bonds is 8. The fourth-order valence-electron chi connectivity index (χ4n) is 4.68. The van der Waals surface area contributed by atoms with E-state index in [9.17, 15) is 18.0 Å². The van der Waals surface area contributed by atoms with E-state index in [4.69, 9.17) is 4.74 Å². The highest BCUT2D eigenvalue weighted by Crippen LogP contribution is 2.24. The molecule has 0 spiro atoms. The van der Waals surface area contributed by atoms with E-state index in [0.29, 0.717) is 31.9 Å². The molecule has 1 N–H and O–H groups in total. The number of sulfonamides is 1. The number of hydrogen-bond donors (Lipinski definition) is 1. The lowest BCUT2D eigenvalue weighted by Gasteiger charge is -2.35. The molecule has 9 heteroatoms. The Morgan fingerprint density at radius 1 is 0.914 bits per heavy atom. The Labute approximate surface area is 207 Å². The molecule has 1 aliphatic heterocycles. The molecule has 0 atom stereocenters. The van der Waals surface area contributed by atoms with Crippen LogP contribution in [0.4, 0.5) is 0 Å². The first-order chi connectivity index (χ1) is 16.9. The number of aryl methyl sites for hydroxylation is 2. The molecule has 4 rings (SSSR count). The summed E-state index contributed by atoms with van der Waals surface area (Å²) in [6.07, 6.45) is 4.50. The van der Waals surface area contributed by atoms with Gasteiger partial charge in [0, 0.05) is 39.1 Å². The minimum absolute atomic E-state index is 0.0168. The average Bonchev–Trinajstić information content (AvgIpc) is 2.88. The molecule has 0 saturated carbocycles. The third-order valence-electron chi connectivity index (χ3n) is 6.74. The second-order valence-corrected chi connectivity index (χ2v) is 10.8. The van der Waals surface area contributed by atoms with E-state index in [-0.39, 0.29) is 36.1 Å². The molecule has 188 valence electrons. The molecule has 1 heterocycles. The van der Waals surface area contributed by atoms with Crippen LogP contribution in [0.2, 0.25) is 0 Å². The Bertz CT molecular complexity index is 1170. The Morgan fingerprint density at radius 3 is 2.31 bits per heavy atom. The number of nitrogens with zero attached hydrogens (tertiary/aromatic N) is 2. The first-order valence-corrected chi connectivity index (χ1v) is 13.6. The number of carbonyl (C=O) groups is 2. The second kappa shape index (κ2) is 11.2. The van der Waals surface area contributed by atoms with E-state index in [1.165, 1.54) is 5.56 Å². The molecule has 2 aliphatic rings. The molecular formula is C26H33N3O5S. The van der Waals surface area contributed by atoms with Crippen molar-refractivity contribution in [1.82, 2.24) is 14.5 Å². The van der Waals surface area contributed by atoms with Crippen LogP contribution in [0.15, 0.2) is 47.4 Å². The number of hydrogen-bond acceptors (Lipinski definition) is 5. The molecule has 0 aromatic heterocycles. The van der Waals surface area contributed by atoms with E-state index in [2.05, 4.69) is 4.72 Å². The SMILES string of the molecule is COc1cccc(CC(=O)N2CCN(C(=O)CCNS(=O)(=O)c3ccc4c(c3)CCCC4)CC2)c1. The number of piperazine rings is 1.